The van der Waals surface area contributed by atoms with Gasteiger partial charge in [0.05, 0.1) is 7.11 Å². The Morgan fingerprint density at radius 2 is 2.36 bits per heavy atom. The Morgan fingerprint density at radius 1 is 1.64 bits per heavy atom. The highest BCUT2D eigenvalue weighted by atomic mass is 16.5. The normalized spacial score (nSPS) is 18.2. The van der Waals surface area contributed by atoms with Crippen molar-refractivity contribution in [2.75, 3.05) is 7.11 Å². The molecular weight excluding hydrogens is 140 g/mol. The van der Waals surface area contributed by atoms with Gasteiger partial charge in [-0.25, -0.2) is 0 Å². The van der Waals surface area contributed by atoms with Crippen molar-refractivity contribution < 1.29 is 9.84 Å². The molecule has 0 aromatic heterocycles. The summed E-state index contributed by atoms with van der Waals surface area (Å²) in [4.78, 5) is 0. The third-order valence-corrected chi connectivity index (χ3v) is 1.96. The molecule has 2 nitrogen and oxygen atoms in total. The van der Waals surface area contributed by atoms with Crippen molar-refractivity contribution in [3.63, 3.8) is 0 Å². The van der Waals surface area contributed by atoms with Crippen molar-refractivity contribution in [2.24, 2.45) is 0 Å². The molecule has 0 saturated heterocycles. The number of aliphatic hydroxyl groups is 1. The van der Waals surface area contributed by atoms with Crippen LogP contribution in [0.2, 0.25) is 0 Å². The van der Waals surface area contributed by atoms with Crippen LogP contribution < -0.4 is 0 Å². The predicted octanol–water partition coefficient (Wildman–Crippen LogP) is 2.53. The van der Waals surface area contributed by atoms with Gasteiger partial charge in [0.15, 0.2) is 5.76 Å². The smallest absolute Gasteiger partial charge is 0.156 e. The first kappa shape index (κ1) is 8.18. The fourth-order valence-corrected chi connectivity index (χ4v) is 1.28. The first-order valence-corrected chi connectivity index (χ1v) is 3.95. The van der Waals surface area contributed by atoms with Crippen LogP contribution in [0.4, 0.5) is 0 Å². The van der Waals surface area contributed by atoms with E-state index in [1.165, 1.54) is 0 Å². The molecule has 0 aromatic rings. The maximum atomic E-state index is 9.52. The number of rotatable bonds is 2. The van der Waals surface area contributed by atoms with E-state index in [4.69, 9.17) is 4.74 Å². The van der Waals surface area contributed by atoms with Gasteiger partial charge in [-0.2, -0.15) is 0 Å². The van der Waals surface area contributed by atoms with Gasteiger partial charge in [0.2, 0.25) is 0 Å². The number of allylic oxidation sites excluding steroid dienone is 3. The molecule has 1 N–H and O–H groups in total. The summed E-state index contributed by atoms with van der Waals surface area (Å²) in [7, 11) is 1.60. The summed E-state index contributed by atoms with van der Waals surface area (Å²) in [6, 6.07) is 0. The summed E-state index contributed by atoms with van der Waals surface area (Å²) in [5.41, 5.74) is 1.01. The number of aliphatic hydroxyl groups excluding tert-OH is 1. The molecule has 0 radical (unpaired) electrons. The lowest BCUT2D eigenvalue weighted by Gasteiger charge is -2.15. The van der Waals surface area contributed by atoms with Crippen LogP contribution >= 0.6 is 0 Å². The van der Waals surface area contributed by atoms with Gasteiger partial charge < -0.3 is 9.84 Å². The summed E-state index contributed by atoms with van der Waals surface area (Å²) in [5.74, 6) is 1.07. The first-order valence-electron chi connectivity index (χ1n) is 3.95. The Morgan fingerprint density at radius 3 is 2.91 bits per heavy atom. The van der Waals surface area contributed by atoms with Crippen LogP contribution in [0.3, 0.4) is 0 Å². The predicted molar refractivity (Wildman–Crippen MR) is 44.3 cm³/mol. The van der Waals surface area contributed by atoms with Gasteiger partial charge >= 0.3 is 0 Å². The Hall–Kier alpha value is -0.920. The zero-order valence-corrected chi connectivity index (χ0v) is 7.05. The minimum Gasteiger partial charge on any atom is -0.504 e. The van der Waals surface area contributed by atoms with Gasteiger partial charge in [0, 0.05) is 6.42 Å². The monoisotopic (exact) mass is 154 g/mol. The van der Waals surface area contributed by atoms with Crippen LogP contribution in [0, 0.1) is 0 Å². The van der Waals surface area contributed by atoms with Crippen molar-refractivity contribution in [1.82, 2.24) is 0 Å². The molecule has 0 heterocycles. The summed E-state index contributed by atoms with van der Waals surface area (Å²) in [6.07, 6.45) is 4.75. The van der Waals surface area contributed by atoms with E-state index in [2.05, 4.69) is 6.08 Å². The maximum Gasteiger partial charge on any atom is 0.156 e. The largest absolute Gasteiger partial charge is 0.504 e. The van der Waals surface area contributed by atoms with Gasteiger partial charge in [0.25, 0.3) is 0 Å². The van der Waals surface area contributed by atoms with Crippen LogP contribution in [-0.4, -0.2) is 12.2 Å². The standard InChI is InChI=1S/C9H14O2/c1-3-7-5-4-6-8(11-2)9(7)10/h5,10H,3-4,6H2,1-2H3. The minimum atomic E-state index is 0.348. The lowest BCUT2D eigenvalue weighted by Crippen LogP contribution is -2.01. The zero-order chi connectivity index (χ0) is 8.27. The molecule has 0 aliphatic heterocycles. The van der Waals surface area contributed by atoms with Crippen LogP contribution in [-0.2, 0) is 4.74 Å². The molecule has 0 spiro atoms. The number of hydrogen-bond donors (Lipinski definition) is 1. The zero-order valence-electron chi connectivity index (χ0n) is 7.05. The molecule has 1 aliphatic carbocycles. The quantitative estimate of drug-likeness (QED) is 0.662. The Bertz CT molecular complexity index is 202. The molecule has 0 atom stereocenters. The van der Waals surface area contributed by atoms with E-state index in [0.717, 1.165) is 30.6 Å². The van der Waals surface area contributed by atoms with Crippen molar-refractivity contribution in [1.29, 1.82) is 0 Å². The van der Waals surface area contributed by atoms with Gasteiger partial charge in [-0.15, -0.1) is 0 Å². The summed E-state index contributed by atoms with van der Waals surface area (Å²) in [6.45, 7) is 2.03. The van der Waals surface area contributed by atoms with E-state index < -0.39 is 0 Å². The Kier molecular flexibility index (Phi) is 2.58. The third kappa shape index (κ3) is 1.56. The first-order chi connectivity index (χ1) is 5.29. The molecule has 0 amide bonds. The van der Waals surface area contributed by atoms with Crippen molar-refractivity contribution in [3.05, 3.63) is 23.2 Å². The van der Waals surface area contributed by atoms with Gasteiger partial charge in [-0.3, -0.25) is 0 Å². The Balaban J connectivity index is 2.83. The molecule has 62 valence electrons. The summed E-state index contributed by atoms with van der Waals surface area (Å²) >= 11 is 0. The van der Waals surface area contributed by atoms with E-state index in [1.54, 1.807) is 7.11 Å². The van der Waals surface area contributed by atoms with Crippen LogP contribution in [0.25, 0.3) is 0 Å². The summed E-state index contributed by atoms with van der Waals surface area (Å²) < 4.78 is 5.02. The second kappa shape index (κ2) is 3.46. The van der Waals surface area contributed by atoms with Gasteiger partial charge in [0.1, 0.15) is 5.76 Å². The maximum absolute atomic E-state index is 9.52. The summed E-state index contributed by atoms with van der Waals surface area (Å²) in [5, 5.41) is 9.52. The molecular formula is C9H14O2. The topological polar surface area (TPSA) is 29.5 Å². The molecule has 0 fully saturated rings. The highest BCUT2D eigenvalue weighted by Gasteiger charge is 2.13. The number of hydrogen-bond acceptors (Lipinski definition) is 2. The minimum absolute atomic E-state index is 0.348. The van der Waals surface area contributed by atoms with E-state index >= 15 is 0 Å². The molecule has 0 unspecified atom stereocenters. The van der Waals surface area contributed by atoms with Crippen LogP contribution in [0.15, 0.2) is 23.2 Å². The second-order valence-electron chi connectivity index (χ2n) is 2.60. The van der Waals surface area contributed by atoms with Crippen molar-refractivity contribution in [2.45, 2.75) is 26.2 Å². The van der Waals surface area contributed by atoms with Crippen LogP contribution in [0.1, 0.15) is 26.2 Å². The highest BCUT2D eigenvalue weighted by molar-refractivity contribution is 5.30. The van der Waals surface area contributed by atoms with Crippen molar-refractivity contribution >= 4 is 0 Å². The average Bonchev–Trinajstić information content (AvgIpc) is 2.05. The number of methoxy groups -OCH3 is 1. The average molecular weight is 154 g/mol. The SMILES string of the molecule is CCC1=CCCC(OC)=C1O. The molecule has 2 heteroatoms. The van der Waals surface area contributed by atoms with E-state index in [0.29, 0.717) is 5.76 Å². The lowest BCUT2D eigenvalue weighted by atomic mass is 10.0. The van der Waals surface area contributed by atoms with E-state index in [1.807, 2.05) is 6.92 Å². The second-order valence-corrected chi connectivity index (χ2v) is 2.60. The van der Waals surface area contributed by atoms with Crippen molar-refractivity contribution in [3.8, 4) is 0 Å². The van der Waals surface area contributed by atoms with E-state index in [9.17, 15) is 5.11 Å². The van der Waals surface area contributed by atoms with Gasteiger partial charge in [-0.1, -0.05) is 13.0 Å². The Labute approximate surface area is 67.2 Å². The van der Waals surface area contributed by atoms with Gasteiger partial charge in [-0.05, 0) is 18.4 Å². The number of ether oxygens (including phenoxy) is 1. The molecule has 1 aliphatic rings. The highest BCUT2D eigenvalue weighted by Crippen LogP contribution is 2.25. The third-order valence-electron chi connectivity index (χ3n) is 1.96. The molecule has 0 bridgehead atoms. The lowest BCUT2D eigenvalue weighted by molar-refractivity contribution is 0.241. The molecule has 0 aromatic carbocycles. The molecule has 11 heavy (non-hydrogen) atoms. The fraction of sp³-hybridized carbons (Fsp3) is 0.556. The molecule has 1 rings (SSSR count). The fourth-order valence-electron chi connectivity index (χ4n) is 1.28. The van der Waals surface area contributed by atoms with E-state index in [-0.39, 0.29) is 0 Å². The molecule has 0 saturated carbocycles. The van der Waals surface area contributed by atoms with Crippen LogP contribution in [0.5, 0.6) is 0 Å².